The van der Waals surface area contributed by atoms with Gasteiger partial charge in [-0.15, -0.1) is 0 Å². The lowest BCUT2D eigenvalue weighted by atomic mass is 10.2. The van der Waals surface area contributed by atoms with Gasteiger partial charge in [0, 0.05) is 19.5 Å². The van der Waals surface area contributed by atoms with Gasteiger partial charge in [-0.2, -0.15) is 0 Å². The van der Waals surface area contributed by atoms with Crippen LogP contribution in [0.4, 0.5) is 11.4 Å². The molecule has 80 valence electrons. The SMILES string of the molecule is O=C1CCN(CCO)c2ccccc2N1. The minimum absolute atomic E-state index is 0.0305. The first-order chi connectivity index (χ1) is 7.31. The highest BCUT2D eigenvalue weighted by atomic mass is 16.3. The highest BCUT2D eigenvalue weighted by Gasteiger charge is 2.17. The summed E-state index contributed by atoms with van der Waals surface area (Å²) in [5.41, 5.74) is 1.81. The first kappa shape index (κ1) is 9.98. The first-order valence-corrected chi connectivity index (χ1v) is 5.06. The molecule has 1 amide bonds. The third-order valence-electron chi connectivity index (χ3n) is 2.50. The van der Waals surface area contributed by atoms with Crippen LogP contribution >= 0.6 is 0 Å². The quantitative estimate of drug-likeness (QED) is 0.753. The summed E-state index contributed by atoms with van der Waals surface area (Å²) >= 11 is 0. The Bertz CT molecular complexity index is 365. The van der Waals surface area contributed by atoms with Crippen LogP contribution in [0.25, 0.3) is 0 Å². The Kier molecular flexibility index (Phi) is 2.87. The van der Waals surface area contributed by atoms with Crippen molar-refractivity contribution in [3.63, 3.8) is 0 Å². The number of carbonyl (C=O) groups excluding carboxylic acids is 1. The number of nitrogens with zero attached hydrogens (tertiary/aromatic N) is 1. The molecule has 4 nitrogen and oxygen atoms in total. The smallest absolute Gasteiger partial charge is 0.226 e. The van der Waals surface area contributed by atoms with Crippen LogP contribution in [0, 0.1) is 0 Å². The van der Waals surface area contributed by atoms with Crippen LogP contribution in [0.15, 0.2) is 24.3 Å². The van der Waals surface area contributed by atoms with Crippen molar-refractivity contribution < 1.29 is 9.90 Å². The molecule has 4 heteroatoms. The van der Waals surface area contributed by atoms with E-state index in [0.29, 0.717) is 19.5 Å². The molecule has 0 atom stereocenters. The number of para-hydroxylation sites is 2. The Morgan fingerprint density at radius 3 is 3.00 bits per heavy atom. The zero-order valence-electron chi connectivity index (χ0n) is 8.44. The number of benzene rings is 1. The molecule has 0 unspecified atom stereocenters. The van der Waals surface area contributed by atoms with Crippen molar-refractivity contribution >= 4 is 17.3 Å². The largest absolute Gasteiger partial charge is 0.395 e. The summed E-state index contributed by atoms with van der Waals surface area (Å²) in [4.78, 5) is 13.4. The Morgan fingerprint density at radius 1 is 1.40 bits per heavy atom. The third kappa shape index (κ3) is 2.10. The molecular weight excluding hydrogens is 192 g/mol. The van der Waals surface area contributed by atoms with E-state index in [9.17, 15) is 4.79 Å². The molecule has 0 spiro atoms. The van der Waals surface area contributed by atoms with Gasteiger partial charge in [-0.25, -0.2) is 0 Å². The van der Waals surface area contributed by atoms with Crippen molar-refractivity contribution in [1.82, 2.24) is 0 Å². The van der Waals surface area contributed by atoms with Crippen LogP contribution in [-0.4, -0.2) is 30.7 Å². The van der Waals surface area contributed by atoms with Crippen LogP contribution in [0.5, 0.6) is 0 Å². The predicted octanol–water partition coefficient (Wildman–Crippen LogP) is 0.827. The number of hydrogen-bond acceptors (Lipinski definition) is 3. The second kappa shape index (κ2) is 4.31. The summed E-state index contributed by atoms with van der Waals surface area (Å²) in [6, 6.07) is 7.65. The van der Waals surface area contributed by atoms with Crippen molar-refractivity contribution in [2.24, 2.45) is 0 Å². The van der Waals surface area contributed by atoms with E-state index in [1.807, 2.05) is 29.2 Å². The van der Waals surface area contributed by atoms with E-state index >= 15 is 0 Å². The number of rotatable bonds is 2. The number of fused-ring (bicyclic) bond motifs is 1. The maximum absolute atomic E-state index is 11.4. The zero-order valence-corrected chi connectivity index (χ0v) is 8.44. The second-order valence-corrected chi connectivity index (χ2v) is 3.53. The monoisotopic (exact) mass is 206 g/mol. The molecule has 0 bridgehead atoms. The number of carbonyl (C=O) groups is 1. The van der Waals surface area contributed by atoms with Crippen molar-refractivity contribution in [3.05, 3.63) is 24.3 Å². The average Bonchev–Trinajstić information content (AvgIpc) is 2.39. The molecule has 15 heavy (non-hydrogen) atoms. The highest BCUT2D eigenvalue weighted by Crippen LogP contribution is 2.27. The van der Waals surface area contributed by atoms with E-state index in [1.54, 1.807) is 0 Å². The minimum atomic E-state index is 0.0305. The van der Waals surface area contributed by atoms with E-state index in [0.717, 1.165) is 11.4 Å². The molecule has 2 rings (SSSR count). The molecule has 0 saturated heterocycles. The molecule has 2 N–H and O–H groups in total. The van der Waals surface area contributed by atoms with Crippen LogP contribution in [0.3, 0.4) is 0 Å². The fourth-order valence-corrected chi connectivity index (χ4v) is 1.78. The van der Waals surface area contributed by atoms with Gasteiger partial charge in [0.05, 0.1) is 18.0 Å². The molecule has 0 aliphatic carbocycles. The number of aliphatic hydroxyl groups excluding tert-OH is 1. The van der Waals surface area contributed by atoms with Gasteiger partial charge in [-0.3, -0.25) is 4.79 Å². The topological polar surface area (TPSA) is 52.6 Å². The molecular formula is C11H14N2O2. The highest BCUT2D eigenvalue weighted by molar-refractivity contribution is 5.96. The Balaban J connectivity index is 2.33. The average molecular weight is 206 g/mol. The van der Waals surface area contributed by atoms with Crippen LogP contribution in [-0.2, 0) is 4.79 Å². The van der Waals surface area contributed by atoms with E-state index in [2.05, 4.69) is 5.32 Å². The fraction of sp³-hybridized carbons (Fsp3) is 0.364. The molecule has 1 aromatic carbocycles. The number of anilines is 2. The van der Waals surface area contributed by atoms with Crippen molar-refractivity contribution in [2.45, 2.75) is 6.42 Å². The van der Waals surface area contributed by atoms with Crippen molar-refractivity contribution in [2.75, 3.05) is 29.9 Å². The van der Waals surface area contributed by atoms with Gasteiger partial charge in [0.2, 0.25) is 5.91 Å². The molecule has 0 radical (unpaired) electrons. The molecule has 0 aromatic heterocycles. The maximum Gasteiger partial charge on any atom is 0.226 e. The molecule has 0 saturated carbocycles. The van der Waals surface area contributed by atoms with Crippen molar-refractivity contribution in [3.8, 4) is 0 Å². The van der Waals surface area contributed by atoms with Gasteiger partial charge in [0.25, 0.3) is 0 Å². The summed E-state index contributed by atoms with van der Waals surface area (Å²) in [5.74, 6) is 0.0305. The molecule has 1 aliphatic rings. The lowest BCUT2D eigenvalue weighted by molar-refractivity contribution is -0.115. The number of aliphatic hydroxyl groups is 1. The van der Waals surface area contributed by atoms with Gasteiger partial charge < -0.3 is 15.3 Å². The standard InChI is InChI=1S/C11H14N2O2/c14-8-7-13-6-5-11(15)12-9-3-1-2-4-10(9)13/h1-4,14H,5-8H2,(H,12,15). The van der Waals surface area contributed by atoms with Crippen LogP contribution in [0.2, 0.25) is 0 Å². The van der Waals surface area contributed by atoms with Gasteiger partial charge in [-0.1, -0.05) is 12.1 Å². The third-order valence-corrected chi connectivity index (χ3v) is 2.50. The van der Waals surface area contributed by atoms with Crippen molar-refractivity contribution in [1.29, 1.82) is 0 Å². The van der Waals surface area contributed by atoms with E-state index < -0.39 is 0 Å². The summed E-state index contributed by atoms with van der Waals surface area (Å²) in [6.07, 6.45) is 0.467. The lowest BCUT2D eigenvalue weighted by Gasteiger charge is -2.22. The minimum Gasteiger partial charge on any atom is -0.395 e. The van der Waals surface area contributed by atoms with E-state index in [1.165, 1.54) is 0 Å². The normalized spacial score (nSPS) is 15.5. The predicted molar refractivity (Wildman–Crippen MR) is 59.0 cm³/mol. The number of β-amino-alcohol motifs (C(OH)–C–C–N with tert-alkyl or cyclic N) is 1. The second-order valence-electron chi connectivity index (χ2n) is 3.53. The summed E-state index contributed by atoms with van der Waals surface area (Å²) in [7, 11) is 0. The van der Waals surface area contributed by atoms with Gasteiger partial charge in [-0.05, 0) is 12.1 Å². The van der Waals surface area contributed by atoms with E-state index in [4.69, 9.17) is 5.11 Å². The Morgan fingerprint density at radius 2 is 2.20 bits per heavy atom. The maximum atomic E-state index is 11.4. The van der Waals surface area contributed by atoms with Crippen LogP contribution < -0.4 is 10.2 Å². The number of hydrogen-bond donors (Lipinski definition) is 2. The molecule has 1 aromatic rings. The van der Waals surface area contributed by atoms with Gasteiger partial charge in [0.15, 0.2) is 0 Å². The van der Waals surface area contributed by atoms with Gasteiger partial charge in [0.1, 0.15) is 0 Å². The fourth-order valence-electron chi connectivity index (χ4n) is 1.78. The van der Waals surface area contributed by atoms with Gasteiger partial charge >= 0.3 is 0 Å². The summed E-state index contributed by atoms with van der Waals surface area (Å²) in [5, 5.41) is 11.8. The molecule has 0 fully saturated rings. The van der Waals surface area contributed by atoms with Crippen LogP contribution in [0.1, 0.15) is 6.42 Å². The molecule has 1 heterocycles. The summed E-state index contributed by atoms with van der Waals surface area (Å²) < 4.78 is 0. The number of nitrogens with one attached hydrogen (secondary N) is 1. The zero-order chi connectivity index (χ0) is 10.7. The van der Waals surface area contributed by atoms with E-state index in [-0.39, 0.29) is 12.5 Å². The Labute approximate surface area is 88.5 Å². The Hall–Kier alpha value is -1.55. The first-order valence-electron chi connectivity index (χ1n) is 5.06. The molecule has 1 aliphatic heterocycles. The number of amides is 1. The summed E-state index contributed by atoms with van der Waals surface area (Å²) in [6.45, 7) is 1.32. The lowest BCUT2D eigenvalue weighted by Crippen LogP contribution is -2.27.